The average molecular weight is 361 g/mol. The number of aliphatic imine (C=N–C) groups is 1. The molecular weight excluding hydrogens is 337 g/mol. The Bertz CT molecular complexity index is 358. The SMILES string of the molecule is CN=C(NCc1ccc(C)cc1)NCC(C)C.I. The first-order valence-electron chi connectivity index (χ1n) is 6.12. The molecule has 102 valence electrons. The van der Waals surface area contributed by atoms with E-state index in [1.165, 1.54) is 11.1 Å². The van der Waals surface area contributed by atoms with Crippen molar-refractivity contribution in [2.24, 2.45) is 10.9 Å². The maximum atomic E-state index is 4.19. The fraction of sp³-hybridized carbons (Fsp3) is 0.500. The van der Waals surface area contributed by atoms with E-state index in [9.17, 15) is 0 Å². The van der Waals surface area contributed by atoms with Crippen LogP contribution in [0.3, 0.4) is 0 Å². The molecule has 0 radical (unpaired) electrons. The van der Waals surface area contributed by atoms with E-state index in [0.717, 1.165) is 19.0 Å². The van der Waals surface area contributed by atoms with Gasteiger partial charge in [-0.3, -0.25) is 4.99 Å². The van der Waals surface area contributed by atoms with Crippen LogP contribution in [-0.2, 0) is 6.54 Å². The van der Waals surface area contributed by atoms with Crippen LogP contribution in [0.2, 0.25) is 0 Å². The van der Waals surface area contributed by atoms with Gasteiger partial charge in [-0.15, -0.1) is 24.0 Å². The van der Waals surface area contributed by atoms with Gasteiger partial charge in [-0.2, -0.15) is 0 Å². The Balaban J connectivity index is 0.00000289. The minimum Gasteiger partial charge on any atom is -0.356 e. The van der Waals surface area contributed by atoms with E-state index in [4.69, 9.17) is 0 Å². The first-order valence-corrected chi connectivity index (χ1v) is 6.12. The van der Waals surface area contributed by atoms with E-state index in [0.29, 0.717) is 5.92 Å². The number of aryl methyl sites for hydroxylation is 1. The van der Waals surface area contributed by atoms with Crippen LogP contribution in [-0.4, -0.2) is 19.6 Å². The van der Waals surface area contributed by atoms with E-state index in [1.54, 1.807) is 7.05 Å². The molecule has 0 aromatic heterocycles. The second-order valence-corrected chi connectivity index (χ2v) is 4.69. The van der Waals surface area contributed by atoms with Crippen LogP contribution in [0.15, 0.2) is 29.3 Å². The van der Waals surface area contributed by atoms with Crippen LogP contribution in [0, 0.1) is 12.8 Å². The normalized spacial score (nSPS) is 11.1. The predicted molar refractivity (Wildman–Crippen MR) is 89.6 cm³/mol. The molecule has 3 nitrogen and oxygen atoms in total. The number of hydrogen-bond donors (Lipinski definition) is 2. The molecule has 0 heterocycles. The van der Waals surface area contributed by atoms with Crippen LogP contribution in [0.5, 0.6) is 0 Å². The highest BCUT2D eigenvalue weighted by molar-refractivity contribution is 14.0. The van der Waals surface area contributed by atoms with Crippen molar-refractivity contribution in [2.75, 3.05) is 13.6 Å². The Hall–Kier alpha value is -0.780. The fourth-order valence-electron chi connectivity index (χ4n) is 1.41. The first kappa shape index (κ1) is 17.2. The van der Waals surface area contributed by atoms with Crippen LogP contribution >= 0.6 is 24.0 Å². The summed E-state index contributed by atoms with van der Waals surface area (Å²) in [4.78, 5) is 4.19. The molecule has 1 rings (SSSR count). The summed E-state index contributed by atoms with van der Waals surface area (Å²) in [6.07, 6.45) is 0. The molecule has 0 aliphatic heterocycles. The Morgan fingerprint density at radius 3 is 2.28 bits per heavy atom. The number of benzene rings is 1. The summed E-state index contributed by atoms with van der Waals surface area (Å²) >= 11 is 0. The van der Waals surface area contributed by atoms with Crippen LogP contribution in [0.25, 0.3) is 0 Å². The summed E-state index contributed by atoms with van der Waals surface area (Å²) in [5, 5.41) is 6.59. The number of nitrogens with zero attached hydrogens (tertiary/aromatic N) is 1. The highest BCUT2D eigenvalue weighted by Crippen LogP contribution is 2.02. The average Bonchev–Trinajstić information content (AvgIpc) is 2.31. The minimum atomic E-state index is 0. The molecule has 0 amide bonds. The lowest BCUT2D eigenvalue weighted by atomic mass is 10.1. The molecule has 0 saturated heterocycles. The quantitative estimate of drug-likeness (QED) is 0.492. The molecule has 0 atom stereocenters. The molecular formula is C14H24IN3. The molecule has 0 bridgehead atoms. The summed E-state index contributed by atoms with van der Waals surface area (Å²) in [5.41, 5.74) is 2.55. The lowest BCUT2D eigenvalue weighted by molar-refractivity contribution is 0.614. The van der Waals surface area contributed by atoms with Gasteiger partial charge in [0.25, 0.3) is 0 Å². The van der Waals surface area contributed by atoms with Gasteiger partial charge in [0.05, 0.1) is 0 Å². The maximum Gasteiger partial charge on any atom is 0.191 e. The number of rotatable bonds is 4. The lowest BCUT2D eigenvalue weighted by Crippen LogP contribution is -2.38. The molecule has 1 aromatic rings. The van der Waals surface area contributed by atoms with Crippen molar-refractivity contribution in [2.45, 2.75) is 27.3 Å². The zero-order chi connectivity index (χ0) is 12.7. The minimum absolute atomic E-state index is 0. The van der Waals surface area contributed by atoms with Gasteiger partial charge in [0.2, 0.25) is 0 Å². The fourth-order valence-corrected chi connectivity index (χ4v) is 1.41. The highest BCUT2D eigenvalue weighted by Gasteiger charge is 1.99. The Kier molecular flexibility index (Phi) is 8.79. The van der Waals surface area contributed by atoms with Crippen LogP contribution in [0.1, 0.15) is 25.0 Å². The first-order chi connectivity index (χ1) is 8.11. The van der Waals surface area contributed by atoms with Crippen molar-refractivity contribution >= 4 is 29.9 Å². The molecule has 4 heteroatoms. The molecule has 0 fully saturated rings. The molecule has 0 aliphatic carbocycles. The predicted octanol–water partition coefficient (Wildman–Crippen LogP) is 2.93. The van der Waals surface area contributed by atoms with Gasteiger partial charge in [0.1, 0.15) is 0 Å². The molecule has 0 spiro atoms. The third kappa shape index (κ3) is 6.83. The standard InChI is InChI=1S/C14H23N3.HI/c1-11(2)9-16-14(15-4)17-10-13-7-5-12(3)6-8-13;/h5-8,11H,9-10H2,1-4H3,(H2,15,16,17);1H. The Morgan fingerprint density at radius 2 is 1.78 bits per heavy atom. The van der Waals surface area contributed by atoms with Crippen LogP contribution in [0.4, 0.5) is 0 Å². The van der Waals surface area contributed by atoms with Crippen molar-refractivity contribution in [1.29, 1.82) is 0 Å². The van der Waals surface area contributed by atoms with E-state index in [2.05, 4.69) is 60.7 Å². The van der Waals surface area contributed by atoms with Gasteiger partial charge in [0, 0.05) is 20.1 Å². The Labute approximate surface area is 127 Å². The molecule has 18 heavy (non-hydrogen) atoms. The molecule has 0 saturated carbocycles. The van der Waals surface area contributed by atoms with E-state index in [-0.39, 0.29) is 24.0 Å². The van der Waals surface area contributed by atoms with Crippen molar-refractivity contribution in [3.8, 4) is 0 Å². The maximum absolute atomic E-state index is 4.19. The zero-order valence-electron chi connectivity index (χ0n) is 11.7. The number of hydrogen-bond acceptors (Lipinski definition) is 1. The van der Waals surface area contributed by atoms with Crippen molar-refractivity contribution in [3.63, 3.8) is 0 Å². The zero-order valence-corrected chi connectivity index (χ0v) is 14.0. The number of guanidine groups is 1. The third-order valence-electron chi connectivity index (χ3n) is 2.48. The third-order valence-corrected chi connectivity index (χ3v) is 2.48. The van der Waals surface area contributed by atoms with Crippen molar-refractivity contribution in [1.82, 2.24) is 10.6 Å². The molecule has 1 aromatic carbocycles. The highest BCUT2D eigenvalue weighted by atomic mass is 127. The second-order valence-electron chi connectivity index (χ2n) is 4.69. The summed E-state index contributed by atoms with van der Waals surface area (Å²) in [7, 11) is 1.80. The topological polar surface area (TPSA) is 36.4 Å². The smallest absolute Gasteiger partial charge is 0.191 e. The van der Waals surface area contributed by atoms with E-state index in [1.807, 2.05) is 0 Å². The molecule has 2 N–H and O–H groups in total. The van der Waals surface area contributed by atoms with Crippen LogP contribution < -0.4 is 10.6 Å². The summed E-state index contributed by atoms with van der Waals surface area (Å²) in [6, 6.07) is 8.53. The van der Waals surface area contributed by atoms with Gasteiger partial charge in [-0.1, -0.05) is 43.7 Å². The van der Waals surface area contributed by atoms with Crippen molar-refractivity contribution in [3.05, 3.63) is 35.4 Å². The largest absolute Gasteiger partial charge is 0.356 e. The number of nitrogens with one attached hydrogen (secondary N) is 2. The van der Waals surface area contributed by atoms with Gasteiger partial charge in [0.15, 0.2) is 5.96 Å². The van der Waals surface area contributed by atoms with Gasteiger partial charge >= 0.3 is 0 Å². The summed E-state index contributed by atoms with van der Waals surface area (Å²) < 4.78 is 0. The van der Waals surface area contributed by atoms with Crippen molar-refractivity contribution < 1.29 is 0 Å². The molecule has 0 aliphatic rings. The summed E-state index contributed by atoms with van der Waals surface area (Å²) in [5.74, 6) is 1.48. The number of halogens is 1. The lowest BCUT2D eigenvalue weighted by Gasteiger charge is -2.13. The van der Waals surface area contributed by atoms with Gasteiger partial charge in [-0.05, 0) is 18.4 Å². The monoisotopic (exact) mass is 361 g/mol. The van der Waals surface area contributed by atoms with E-state index < -0.39 is 0 Å². The Morgan fingerprint density at radius 1 is 1.17 bits per heavy atom. The summed E-state index contributed by atoms with van der Waals surface area (Å²) in [6.45, 7) is 8.20. The van der Waals surface area contributed by atoms with Gasteiger partial charge < -0.3 is 10.6 Å². The van der Waals surface area contributed by atoms with Gasteiger partial charge in [-0.25, -0.2) is 0 Å². The second kappa shape index (κ2) is 9.19. The molecule has 0 unspecified atom stereocenters. The van der Waals surface area contributed by atoms with E-state index >= 15 is 0 Å².